The number of carbonyl (C=O) groups excluding carboxylic acids is 1. The molecule has 0 fully saturated rings. The van der Waals surface area contributed by atoms with Gasteiger partial charge in [-0.2, -0.15) is 0 Å². The zero-order valence-corrected chi connectivity index (χ0v) is 11.4. The van der Waals surface area contributed by atoms with Crippen molar-refractivity contribution in [3.8, 4) is 5.75 Å². The van der Waals surface area contributed by atoms with Crippen molar-refractivity contribution in [1.29, 1.82) is 0 Å². The molecule has 0 amide bonds. The van der Waals surface area contributed by atoms with Gasteiger partial charge in [0.25, 0.3) is 0 Å². The molecule has 2 rings (SSSR count). The van der Waals surface area contributed by atoms with Gasteiger partial charge in [-0.3, -0.25) is 4.79 Å². The first-order valence-corrected chi connectivity index (χ1v) is 6.26. The summed E-state index contributed by atoms with van der Waals surface area (Å²) in [6.45, 7) is 3.47. The van der Waals surface area contributed by atoms with Gasteiger partial charge in [0.1, 0.15) is 5.75 Å². The van der Waals surface area contributed by atoms with E-state index in [2.05, 4.69) is 0 Å². The lowest BCUT2D eigenvalue weighted by molar-refractivity contribution is 0.101. The Morgan fingerprint density at radius 1 is 1.10 bits per heavy atom. The molecule has 0 unspecified atom stereocenters. The second-order valence-corrected chi connectivity index (χ2v) is 4.69. The minimum Gasteiger partial charge on any atom is -0.507 e. The van der Waals surface area contributed by atoms with Gasteiger partial charge in [-0.25, -0.2) is 4.39 Å². The molecule has 0 aliphatic heterocycles. The summed E-state index contributed by atoms with van der Waals surface area (Å²) in [6, 6.07) is 11.6. The Morgan fingerprint density at radius 3 is 2.20 bits per heavy atom. The topological polar surface area (TPSA) is 37.3 Å². The van der Waals surface area contributed by atoms with Crippen LogP contribution in [0.1, 0.15) is 27.0 Å². The van der Waals surface area contributed by atoms with Gasteiger partial charge in [0.15, 0.2) is 5.83 Å². The summed E-state index contributed by atoms with van der Waals surface area (Å²) in [5.41, 5.74) is 2.17. The number of benzene rings is 2. The third kappa shape index (κ3) is 2.94. The van der Waals surface area contributed by atoms with Gasteiger partial charge in [-0.05, 0) is 48.7 Å². The summed E-state index contributed by atoms with van der Waals surface area (Å²) in [4.78, 5) is 11.9. The monoisotopic (exact) mass is 270 g/mol. The van der Waals surface area contributed by atoms with E-state index in [4.69, 9.17) is 0 Å². The molecule has 0 heterocycles. The molecule has 0 bridgehead atoms. The van der Waals surface area contributed by atoms with Crippen LogP contribution in [0.25, 0.3) is 6.08 Å². The maximum absolute atomic E-state index is 14.0. The van der Waals surface area contributed by atoms with Crippen molar-refractivity contribution in [3.05, 3.63) is 70.5 Å². The van der Waals surface area contributed by atoms with Gasteiger partial charge in [0.05, 0.1) is 0 Å². The van der Waals surface area contributed by atoms with Crippen LogP contribution in [0.2, 0.25) is 0 Å². The summed E-state index contributed by atoms with van der Waals surface area (Å²) in [7, 11) is 0. The smallest absolute Gasteiger partial charge is 0.221 e. The Labute approximate surface area is 117 Å². The highest BCUT2D eigenvalue weighted by molar-refractivity contribution is 6.09. The second-order valence-electron chi connectivity index (χ2n) is 4.69. The molecule has 0 radical (unpaired) electrons. The number of rotatable bonds is 3. The number of carbonyl (C=O) groups is 1. The fourth-order valence-corrected chi connectivity index (χ4v) is 2.01. The quantitative estimate of drug-likeness (QED) is 0.670. The SMILES string of the molecule is Cc1cc(/C=C(\F)C(=O)c2ccccc2)cc(C)c1O. The largest absolute Gasteiger partial charge is 0.507 e. The van der Waals surface area contributed by atoms with Crippen LogP contribution in [0.15, 0.2) is 48.3 Å². The fourth-order valence-electron chi connectivity index (χ4n) is 2.01. The molecule has 102 valence electrons. The summed E-state index contributed by atoms with van der Waals surface area (Å²) in [5.74, 6) is -1.27. The number of phenolic OH excluding ortho intramolecular Hbond substituents is 1. The molecule has 0 saturated carbocycles. The summed E-state index contributed by atoms with van der Waals surface area (Å²) in [6.07, 6.45) is 1.19. The van der Waals surface area contributed by atoms with E-state index in [9.17, 15) is 14.3 Å². The van der Waals surface area contributed by atoms with E-state index in [1.54, 1.807) is 56.3 Å². The predicted octanol–water partition coefficient (Wildman–Crippen LogP) is 4.20. The lowest BCUT2D eigenvalue weighted by Crippen LogP contribution is -1.99. The Balaban J connectivity index is 2.34. The Bertz CT molecular complexity index is 650. The van der Waals surface area contributed by atoms with Crippen LogP contribution in [0.3, 0.4) is 0 Å². The number of phenols is 1. The van der Waals surface area contributed by atoms with Crippen molar-refractivity contribution in [1.82, 2.24) is 0 Å². The number of allylic oxidation sites excluding steroid dienone is 1. The zero-order chi connectivity index (χ0) is 14.7. The predicted molar refractivity (Wildman–Crippen MR) is 77.4 cm³/mol. The highest BCUT2D eigenvalue weighted by Gasteiger charge is 2.12. The van der Waals surface area contributed by atoms with Crippen molar-refractivity contribution >= 4 is 11.9 Å². The molecule has 0 saturated heterocycles. The van der Waals surface area contributed by atoms with Crippen molar-refractivity contribution in [2.24, 2.45) is 0 Å². The van der Waals surface area contributed by atoms with Crippen LogP contribution in [0, 0.1) is 13.8 Å². The molecule has 0 aromatic heterocycles. The van der Waals surface area contributed by atoms with Gasteiger partial charge in [0, 0.05) is 5.56 Å². The summed E-state index contributed by atoms with van der Waals surface area (Å²) < 4.78 is 14.0. The summed E-state index contributed by atoms with van der Waals surface area (Å²) in [5, 5.41) is 9.67. The molecule has 0 aliphatic rings. The van der Waals surface area contributed by atoms with Gasteiger partial charge < -0.3 is 5.11 Å². The zero-order valence-electron chi connectivity index (χ0n) is 11.4. The van der Waals surface area contributed by atoms with Crippen molar-refractivity contribution in [3.63, 3.8) is 0 Å². The molecule has 0 aliphatic carbocycles. The Hall–Kier alpha value is -2.42. The summed E-state index contributed by atoms with van der Waals surface area (Å²) >= 11 is 0. The first kappa shape index (κ1) is 14.0. The van der Waals surface area contributed by atoms with Crippen molar-refractivity contribution < 1.29 is 14.3 Å². The van der Waals surface area contributed by atoms with Crippen molar-refractivity contribution in [2.75, 3.05) is 0 Å². The van der Waals surface area contributed by atoms with E-state index < -0.39 is 11.6 Å². The molecule has 0 atom stereocenters. The van der Waals surface area contributed by atoms with E-state index in [0.29, 0.717) is 22.3 Å². The molecular formula is C17H15FO2. The van der Waals surface area contributed by atoms with E-state index >= 15 is 0 Å². The number of halogens is 1. The van der Waals surface area contributed by atoms with Gasteiger partial charge in [0.2, 0.25) is 5.78 Å². The number of aryl methyl sites for hydroxylation is 2. The molecule has 2 aromatic rings. The molecule has 2 aromatic carbocycles. The number of ketones is 1. The van der Waals surface area contributed by atoms with Crippen LogP contribution >= 0.6 is 0 Å². The first-order valence-electron chi connectivity index (χ1n) is 6.26. The number of hydrogen-bond acceptors (Lipinski definition) is 2. The van der Waals surface area contributed by atoms with E-state index in [1.165, 1.54) is 6.08 Å². The Morgan fingerprint density at radius 2 is 1.65 bits per heavy atom. The molecule has 20 heavy (non-hydrogen) atoms. The number of aromatic hydroxyl groups is 1. The molecule has 3 heteroatoms. The average Bonchev–Trinajstić information content (AvgIpc) is 2.44. The second kappa shape index (κ2) is 5.70. The maximum Gasteiger partial charge on any atom is 0.221 e. The highest BCUT2D eigenvalue weighted by atomic mass is 19.1. The number of hydrogen-bond donors (Lipinski definition) is 1. The van der Waals surface area contributed by atoms with E-state index in [-0.39, 0.29) is 5.75 Å². The van der Waals surface area contributed by atoms with Gasteiger partial charge in [-0.15, -0.1) is 0 Å². The molecule has 1 N–H and O–H groups in total. The molecule has 0 spiro atoms. The van der Waals surface area contributed by atoms with Crippen LogP contribution in [0.5, 0.6) is 5.75 Å². The van der Waals surface area contributed by atoms with E-state index in [1.807, 2.05) is 0 Å². The number of Topliss-reactive ketones (excluding diaryl/α,β-unsaturated/α-hetero) is 1. The lowest BCUT2D eigenvalue weighted by atomic mass is 10.0. The lowest BCUT2D eigenvalue weighted by Gasteiger charge is -2.05. The van der Waals surface area contributed by atoms with Crippen molar-refractivity contribution in [2.45, 2.75) is 13.8 Å². The highest BCUT2D eigenvalue weighted by Crippen LogP contribution is 2.24. The fraction of sp³-hybridized carbons (Fsp3) is 0.118. The average molecular weight is 270 g/mol. The third-order valence-corrected chi connectivity index (χ3v) is 3.06. The van der Waals surface area contributed by atoms with Crippen LogP contribution < -0.4 is 0 Å². The van der Waals surface area contributed by atoms with Gasteiger partial charge >= 0.3 is 0 Å². The van der Waals surface area contributed by atoms with E-state index in [0.717, 1.165) is 0 Å². The minimum absolute atomic E-state index is 0.192. The normalized spacial score (nSPS) is 11.4. The standard InChI is InChI=1S/C17H15FO2/c1-11-8-13(9-12(2)16(11)19)10-15(18)17(20)14-6-4-3-5-7-14/h3-10,19H,1-2H3/b15-10-. The molecule has 2 nitrogen and oxygen atoms in total. The third-order valence-electron chi connectivity index (χ3n) is 3.06. The van der Waals surface area contributed by atoms with Crippen LogP contribution in [-0.2, 0) is 0 Å². The van der Waals surface area contributed by atoms with Crippen LogP contribution in [0.4, 0.5) is 4.39 Å². The van der Waals surface area contributed by atoms with Gasteiger partial charge in [-0.1, -0.05) is 30.3 Å². The Kier molecular flexibility index (Phi) is 3.99. The van der Waals surface area contributed by atoms with Crippen LogP contribution in [-0.4, -0.2) is 10.9 Å². The molecular weight excluding hydrogens is 255 g/mol. The maximum atomic E-state index is 14.0. The first-order chi connectivity index (χ1) is 9.49. The minimum atomic E-state index is -0.819.